The lowest BCUT2D eigenvalue weighted by atomic mass is 9.76. The second-order valence-corrected chi connectivity index (χ2v) is 13.5. The number of benzene rings is 2. The molecule has 1 heterocycles. The summed E-state index contributed by atoms with van der Waals surface area (Å²) in [5, 5.41) is 11.8. The molecule has 1 aliphatic heterocycles. The number of aliphatic hydroxyl groups is 1. The standard InChI is InChI=1S/C39H54O6/c1-5-6-7-8-29-9-12-31(13-10-29)32-14-15-34-22-35(17-16-33(34)21-32)36-18-20-37(43-26-36)19-11-30(24-44-38(41)27(2)3)25-45-39(42)28(4)23-40/h14-17,21-22,29-31,36-37,40H,2,4-13,18-20,23-26H2,1,3H3. The zero-order valence-electron chi connectivity index (χ0n) is 27.6. The van der Waals surface area contributed by atoms with E-state index in [4.69, 9.17) is 19.3 Å². The smallest absolute Gasteiger partial charge is 0.335 e. The molecule has 1 aliphatic carbocycles. The molecule has 1 saturated carbocycles. The van der Waals surface area contributed by atoms with Gasteiger partial charge in [0.05, 0.1) is 38.1 Å². The number of aliphatic hydroxyl groups excluding tert-OH is 1. The van der Waals surface area contributed by atoms with E-state index < -0.39 is 18.5 Å². The van der Waals surface area contributed by atoms with Crippen LogP contribution in [0.1, 0.15) is 114 Å². The van der Waals surface area contributed by atoms with Gasteiger partial charge in [-0.3, -0.25) is 0 Å². The van der Waals surface area contributed by atoms with Gasteiger partial charge in [-0.05, 0) is 92.0 Å². The number of carbonyl (C=O) groups is 2. The fourth-order valence-corrected chi connectivity index (χ4v) is 6.87. The fraction of sp³-hybridized carbons (Fsp3) is 0.590. The number of hydrogen-bond donors (Lipinski definition) is 1. The molecule has 45 heavy (non-hydrogen) atoms. The lowest BCUT2D eigenvalue weighted by Gasteiger charge is -2.30. The van der Waals surface area contributed by atoms with Gasteiger partial charge < -0.3 is 19.3 Å². The Balaban J connectivity index is 1.26. The molecule has 1 N–H and O–H groups in total. The molecule has 0 spiro atoms. The minimum atomic E-state index is -0.641. The van der Waals surface area contributed by atoms with Crippen molar-refractivity contribution >= 4 is 22.7 Å². The predicted molar refractivity (Wildman–Crippen MR) is 180 cm³/mol. The number of fused-ring (bicyclic) bond motifs is 1. The molecule has 0 aromatic heterocycles. The van der Waals surface area contributed by atoms with Crippen LogP contribution >= 0.6 is 0 Å². The summed E-state index contributed by atoms with van der Waals surface area (Å²) in [4.78, 5) is 23.9. The van der Waals surface area contributed by atoms with Crippen LogP contribution in [-0.4, -0.2) is 49.6 Å². The molecule has 4 rings (SSSR count). The van der Waals surface area contributed by atoms with Gasteiger partial charge in [-0.15, -0.1) is 0 Å². The molecule has 246 valence electrons. The van der Waals surface area contributed by atoms with Crippen molar-refractivity contribution in [2.75, 3.05) is 26.4 Å². The minimum absolute atomic E-state index is 0.00104. The van der Waals surface area contributed by atoms with Gasteiger partial charge in [-0.2, -0.15) is 0 Å². The van der Waals surface area contributed by atoms with E-state index in [9.17, 15) is 9.59 Å². The number of rotatable bonds is 16. The summed E-state index contributed by atoms with van der Waals surface area (Å²) in [5.41, 5.74) is 3.17. The summed E-state index contributed by atoms with van der Waals surface area (Å²) in [6, 6.07) is 14.0. The van der Waals surface area contributed by atoms with Crippen LogP contribution in [0.3, 0.4) is 0 Å². The molecule has 0 bridgehead atoms. The van der Waals surface area contributed by atoms with E-state index in [1.165, 1.54) is 73.3 Å². The van der Waals surface area contributed by atoms with Gasteiger partial charge in [-0.25, -0.2) is 9.59 Å². The maximum atomic E-state index is 12.0. The Morgan fingerprint density at radius 3 is 2.07 bits per heavy atom. The number of unbranched alkanes of at least 4 members (excludes halogenated alkanes) is 2. The normalized spacial score (nSPS) is 22.5. The quantitative estimate of drug-likeness (QED) is 0.115. The van der Waals surface area contributed by atoms with Crippen molar-refractivity contribution in [2.45, 2.75) is 109 Å². The Bertz CT molecular complexity index is 1280. The van der Waals surface area contributed by atoms with Crippen molar-refractivity contribution in [3.63, 3.8) is 0 Å². The van der Waals surface area contributed by atoms with Gasteiger partial charge in [-0.1, -0.05) is 82.2 Å². The van der Waals surface area contributed by atoms with Crippen molar-refractivity contribution in [1.82, 2.24) is 0 Å². The number of esters is 2. The molecular weight excluding hydrogens is 564 g/mol. The molecule has 3 unspecified atom stereocenters. The molecule has 0 amide bonds. The van der Waals surface area contributed by atoms with Crippen molar-refractivity contribution < 1.29 is 28.9 Å². The fourth-order valence-electron chi connectivity index (χ4n) is 6.87. The lowest BCUT2D eigenvalue weighted by molar-refractivity contribution is -0.144. The van der Waals surface area contributed by atoms with E-state index in [-0.39, 0.29) is 30.8 Å². The third-order valence-corrected chi connectivity index (χ3v) is 9.89. The molecule has 3 atom stereocenters. The van der Waals surface area contributed by atoms with E-state index in [0.717, 1.165) is 25.2 Å². The first-order valence-corrected chi connectivity index (χ1v) is 17.2. The van der Waals surface area contributed by atoms with Gasteiger partial charge in [0.15, 0.2) is 0 Å². The van der Waals surface area contributed by atoms with Crippen LogP contribution in [0, 0.1) is 11.8 Å². The summed E-state index contributed by atoms with van der Waals surface area (Å²) in [7, 11) is 0. The highest BCUT2D eigenvalue weighted by Gasteiger charge is 2.26. The first-order valence-electron chi connectivity index (χ1n) is 17.2. The van der Waals surface area contributed by atoms with Crippen LogP contribution < -0.4 is 0 Å². The number of carbonyl (C=O) groups excluding carboxylic acids is 2. The molecular formula is C39H54O6. The lowest BCUT2D eigenvalue weighted by Crippen LogP contribution is -2.27. The number of ether oxygens (including phenoxy) is 3. The van der Waals surface area contributed by atoms with Crippen molar-refractivity contribution in [3.05, 3.63) is 71.8 Å². The average molecular weight is 619 g/mol. The highest BCUT2D eigenvalue weighted by atomic mass is 16.5. The number of hydrogen-bond acceptors (Lipinski definition) is 6. The third kappa shape index (κ3) is 10.5. The van der Waals surface area contributed by atoms with Crippen LogP contribution in [0.15, 0.2) is 60.7 Å². The van der Waals surface area contributed by atoms with Crippen molar-refractivity contribution in [1.29, 1.82) is 0 Å². The third-order valence-electron chi connectivity index (χ3n) is 9.89. The van der Waals surface area contributed by atoms with Crippen LogP contribution in [0.2, 0.25) is 0 Å². The van der Waals surface area contributed by atoms with E-state index in [1.807, 2.05) is 0 Å². The molecule has 6 nitrogen and oxygen atoms in total. The van der Waals surface area contributed by atoms with Crippen LogP contribution in [-0.2, 0) is 23.8 Å². The van der Waals surface area contributed by atoms with Crippen LogP contribution in [0.5, 0.6) is 0 Å². The molecule has 6 heteroatoms. The monoisotopic (exact) mass is 618 g/mol. The zero-order valence-corrected chi connectivity index (χ0v) is 27.6. The first kappa shape index (κ1) is 34.9. The summed E-state index contributed by atoms with van der Waals surface area (Å²) < 4.78 is 17.0. The first-order chi connectivity index (χ1) is 21.8. The minimum Gasteiger partial charge on any atom is -0.462 e. The Hall–Kier alpha value is -2.96. The second kappa shape index (κ2) is 17.7. The maximum absolute atomic E-state index is 12.0. The van der Waals surface area contributed by atoms with E-state index >= 15 is 0 Å². The van der Waals surface area contributed by atoms with Gasteiger partial charge in [0.2, 0.25) is 0 Å². The molecule has 2 aliphatic rings. The summed E-state index contributed by atoms with van der Waals surface area (Å²) in [6.45, 7) is 11.4. The maximum Gasteiger partial charge on any atom is 0.335 e. The SMILES string of the molecule is C=C(C)C(=O)OCC(CCC1CCC(c2ccc3cc(C4CCC(CCCCC)CC4)ccc3c2)CO1)COC(=O)C(=C)CO. The van der Waals surface area contributed by atoms with Gasteiger partial charge >= 0.3 is 11.9 Å². The van der Waals surface area contributed by atoms with Crippen LogP contribution in [0.25, 0.3) is 10.8 Å². The average Bonchev–Trinajstić information content (AvgIpc) is 3.07. The van der Waals surface area contributed by atoms with Gasteiger partial charge in [0, 0.05) is 17.4 Å². The summed E-state index contributed by atoms with van der Waals surface area (Å²) in [6.07, 6.45) is 14.5. The molecule has 1 saturated heterocycles. The predicted octanol–water partition coefficient (Wildman–Crippen LogP) is 8.56. The Morgan fingerprint density at radius 1 is 0.867 bits per heavy atom. The van der Waals surface area contributed by atoms with Gasteiger partial charge in [0.1, 0.15) is 0 Å². The zero-order chi connectivity index (χ0) is 32.2. The molecule has 2 aromatic rings. The highest BCUT2D eigenvalue weighted by Crippen LogP contribution is 2.39. The van der Waals surface area contributed by atoms with Crippen molar-refractivity contribution in [3.8, 4) is 0 Å². The van der Waals surface area contributed by atoms with E-state index in [0.29, 0.717) is 30.4 Å². The topological polar surface area (TPSA) is 82.1 Å². The Morgan fingerprint density at radius 2 is 1.49 bits per heavy atom. The Kier molecular flexibility index (Phi) is 13.7. The molecule has 2 aromatic carbocycles. The van der Waals surface area contributed by atoms with Gasteiger partial charge in [0.25, 0.3) is 0 Å². The highest BCUT2D eigenvalue weighted by molar-refractivity contribution is 5.88. The molecule has 2 fully saturated rings. The van der Waals surface area contributed by atoms with Crippen molar-refractivity contribution in [2.24, 2.45) is 11.8 Å². The largest absolute Gasteiger partial charge is 0.462 e. The summed E-state index contributed by atoms with van der Waals surface area (Å²) >= 11 is 0. The molecule has 0 radical (unpaired) electrons. The van der Waals surface area contributed by atoms with Crippen LogP contribution in [0.4, 0.5) is 0 Å². The van der Waals surface area contributed by atoms with E-state index in [1.54, 1.807) is 6.92 Å². The second-order valence-electron chi connectivity index (χ2n) is 13.5. The Labute approximate surface area is 270 Å². The van der Waals surface area contributed by atoms with E-state index in [2.05, 4.69) is 56.5 Å². The summed E-state index contributed by atoms with van der Waals surface area (Å²) in [5.74, 6) is 0.711.